The van der Waals surface area contributed by atoms with Crippen molar-refractivity contribution < 1.29 is 0 Å². The van der Waals surface area contributed by atoms with Crippen LogP contribution in [0.5, 0.6) is 0 Å². The van der Waals surface area contributed by atoms with Crippen molar-refractivity contribution in [3.05, 3.63) is 0 Å². The molecule has 0 aromatic carbocycles. The Morgan fingerprint density at radius 3 is 1.29 bits per heavy atom. The normalized spacial score (nSPS) is 26.1. The van der Waals surface area contributed by atoms with E-state index in [-0.39, 0.29) is 5.28 Å². The van der Waals surface area contributed by atoms with Crippen LogP contribution < -0.4 is 5.73 Å². The summed E-state index contributed by atoms with van der Waals surface area (Å²) in [6.45, 7) is 0. The minimum absolute atomic E-state index is 0.0409. The van der Waals surface area contributed by atoms with Gasteiger partial charge in [0.1, 0.15) is 0 Å². The van der Waals surface area contributed by atoms with Crippen molar-refractivity contribution >= 4 is 9.24 Å². The zero-order valence-corrected chi connectivity index (χ0v) is 10.6. The van der Waals surface area contributed by atoms with Crippen LogP contribution in [0.3, 0.4) is 0 Å². The number of hydrogen-bond acceptors (Lipinski definition) is 1. The van der Waals surface area contributed by atoms with Crippen molar-refractivity contribution in [1.82, 2.24) is 0 Å². The molecule has 0 saturated heterocycles. The first-order chi connectivity index (χ1) is 6.71. The molecule has 1 unspecified atom stereocenters. The summed E-state index contributed by atoms with van der Waals surface area (Å²) in [6, 6.07) is 0. The van der Waals surface area contributed by atoms with Crippen molar-refractivity contribution in [1.29, 1.82) is 0 Å². The summed E-state index contributed by atoms with van der Waals surface area (Å²) in [5.74, 6) is 0. The maximum Gasteiger partial charge on any atom is 0.0297 e. The van der Waals surface area contributed by atoms with E-state index >= 15 is 0 Å². The van der Waals surface area contributed by atoms with Gasteiger partial charge >= 0.3 is 0 Å². The first-order valence-corrected chi connectivity index (χ1v) is 6.86. The van der Waals surface area contributed by atoms with Gasteiger partial charge in [0, 0.05) is 5.28 Å². The minimum atomic E-state index is 0.0409. The molecule has 0 radical (unpaired) electrons. The Balaban J connectivity index is 2.24. The predicted molar refractivity (Wildman–Crippen MR) is 67.4 cm³/mol. The second kappa shape index (κ2) is 6.80. The van der Waals surface area contributed by atoms with Gasteiger partial charge in [-0.3, -0.25) is 0 Å². The second-order valence-electron chi connectivity index (χ2n) is 4.92. The highest BCUT2D eigenvalue weighted by Gasteiger charge is 2.17. The molecule has 0 bridgehead atoms. The molecule has 0 amide bonds. The molecular weight excluding hydrogens is 189 g/mol. The van der Waals surface area contributed by atoms with Crippen LogP contribution >= 0.6 is 9.24 Å². The minimum Gasteiger partial charge on any atom is -0.322 e. The maximum absolute atomic E-state index is 6.22. The molecule has 0 aromatic heterocycles. The van der Waals surface area contributed by atoms with Crippen molar-refractivity contribution in [2.75, 3.05) is 0 Å². The summed E-state index contributed by atoms with van der Waals surface area (Å²) in [7, 11) is 2.87. The fourth-order valence-corrected chi connectivity index (χ4v) is 2.68. The monoisotopic (exact) mass is 215 g/mol. The van der Waals surface area contributed by atoms with Crippen molar-refractivity contribution in [2.24, 2.45) is 5.73 Å². The van der Waals surface area contributed by atoms with Crippen LogP contribution in [0.25, 0.3) is 0 Å². The molecule has 1 aliphatic carbocycles. The molecule has 0 aliphatic heterocycles. The number of hydrogen-bond donors (Lipinski definition) is 1. The Hall–Kier alpha value is 0.390. The maximum atomic E-state index is 6.22. The molecule has 2 N–H and O–H groups in total. The molecule has 1 rings (SSSR count). The Morgan fingerprint density at radius 1 is 0.643 bits per heavy atom. The van der Waals surface area contributed by atoms with E-state index in [1.165, 1.54) is 70.6 Å². The van der Waals surface area contributed by atoms with Gasteiger partial charge in [-0.1, -0.05) is 57.8 Å². The first-order valence-electron chi connectivity index (χ1n) is 6.28. The lowest BCUT2D eigenvalue weighted by atomic mass is 9.98. The molecule has 1 nitrogen and oxygen atoms in total. The van der Waals surface area contributed by atoms with Crippen molar-refractivity contribution in [2.45, 2.75) is 75.9 Å². The highest BCUT2D eigenvalue weighted by atomic mass is 31.0. The molecule has 0 aromatic rings. The van der Waals surface area contributed by atoms with Gasteiger partial charge in [0.15, 0.2) is 0 Å². The summed E-state index contributed by atoms with van der Waals surface area (Å²) >= 11 is 0. The molecule has 1 atom stereocenters. The quantitative estimate of drug-likeness (QED) is 0.611. The summed E-state index contributed by atoms with van der Waals surface area (Å²) in [6.07, 6.45) is 15.0. The molecule has 14 heavy (non-hydrogen) atoms. The fourth-order valence-electron chi connectivity index (χ4n) is 2.27. The van der Waals surface area contributed by atoms with Crippen LogP contribution in [-0.2, 0) is 0 Å². The Kier molecular flexibility index (Phi) is 6.05. The third kappa shape index (κ3) is 5.98. The van der Waals surface area contributed by atoms with Crippen LogP contribution in [0.2, 0.25) is 0 Å². The van der Waals surface area contributed by atoms with Gasteiger partial charge < -0.3 is 5.73 Å². The van der Waals surface area contributed by atoms with E-state index in [9.17, 15) is 0 Å². The molecule has 1 fully saturated rings. The number of nitrogens with two attached hydrogens (primary N) is 1. The van der Waals surface area contributed by atoms with Crippen LogP contribution in [0.15, 0.2) is 0 Å². The van der Waals surface area contributed by atoms with E-state index < -0.39 is 0 Å². The van der Waals surface area contributed by atoms with Gasteiger partial charge in [-0.15, -0.1) is 9.24 Å². The fraction of sp³-hybridized carbons (Fsp3) is 1.00. The SMILES string of the molecule is NC1(P)CCCCCCCCCCC1. The molecule has 1 aliphatic rings. The summed E-state index contributed by atoms with van der Waals surface area (Å²) in [4.78, 5) is 0. The van der Waals surface area contributed by atoms with Crippen LogP contribution in [0, 0.1) is 0 Å². The van der Waals surface area contributed by atoms with Crippen LogP contribution in [0.1, 0.15) is 70.6 Å². The van der Waals surface area contributed by atoms with E-state index in [2.05, 4.69) is 9.24 Å². The van der Waals surface area contributed by atoms with Gasteiger partial charge in [0.25, 0.3) is 0 Å². The lowest BCUT2D eigenvalue weighted by molar-refractivity contribution is 0.438. The zero-order chi connectivity index (χ0) is 10.3. The van der Waals surface area contributed by atoms with Gasteiger partial charge in [-0.05, 0) is 12.8 Å². The van der Waals surface area contributed by atoms with E-state index in [4.69, 9.17) is 5.73 Å². The van der Waals surface area contributed by atoms with Crippen LogP contribution in [0.4, 0.5) is 0 Å². The molecule has 2 heteroatoms. The molecular formula is C12H26NP. The van der Waals surface area contributed by atoms with Gasteiger partial charge in [0.05, 0.1) is 0 Å². The van der Waals surface area contributed by atoms with Crippen molar-refractivity contribution in [3.8, 4) is 0 Å². The summed E-state index contributed by atoms with van der Waals surface area (Å²) in [5.41, 5.74) is 6.22. The smallest absolute Gasteiger partial charge is 0.0297 e. The first kappa shape index (κ1) is 12.5. The Bertz CT molecular complexity index is 131. The lowest BCUT2D eigenvalue weighted by Gasteiger charge is -2.24. The largest absolute Gasteiger partial charge is 0.322 e. The van der Waals surface area contributed by atoms with Gasteiger partial charge in [0.2, 0.25) is 0 Å². The lowest BCUT2D eigenvalue weighted by Crippen LogP contribution is -2.32. The summed E-state index contributed by atoms with van der Waals surface area (Å²) in [5, 5.41) is 0.0409. The molecule has 0 heterocycles. The topological polar surface area (TPSA) is 26.0 Å². The average Bonchev–Trinajstić information content (AvgIpc) is 2.11. The average molecular weight is 215 g/mol. The van der Waals surface area contributed by atoms with E-state index in [1.54, 1.807) is 0 Å². The molecule has 1 saturated carbocycles. The van der Waals surface area contributed by atoms with Crippen molar-refractivity contribution in [3.63, 3.8) is 0 Å². The second-order valence-corrected chi connectivity index (χ2v) is 6.06. The van der Waals surface area contributed by atoms with Gasteiger partial charge in [-0.25, -0.2) is 0 Å². The molecule has 84 valence electrons. The highest BCUT2D eigenvalue weighted by Crippen LogP contribution is 2.27. The number of rotatable bonds is 0. The zero-order valence-electron chi connectivity index (χ0n) is 9.43. The van der Waals surface area contributed by atoms with E-state index in [1.807, 2.05) is 0 Å². The summed E-state index contributed by atoms with van der Waals surface area (Å²) < 4.78 is 0. The Morgan fingerprint density at radius 2 is 0.929 bits per heavy atom. The standard InChI is InChI=1S/C12H26NP/c13-12(14)10-8-6-4-2-1-3-5-7-9-11-12/h1-11,13-14H2. The molecule has 0 spiro atoms. The van der Waals surface area contributed by atoms with Gasteiger partial charge in [-0.2, -0.15) is 0 Å². The predicted octanol–water partition coefficient (Wildman–Crippen LogP) is 3.82. The third-order valence-corrected chi connectivity index (χ3v) is 3.86. The third-order valence-electron chi connectivity index (χ3n) is 3.28. The highest BCUT2D eigenvalue weighted by molar-refractivity contribution is 7.18. The van der Waals surface area contributed by atoms with Crippen LogP contribution in [-0.4, -0.2) is 5.28 Å². The Labute approximate surface area is 91.4 Å². The van der Waals surface area contributed by atoms with E-state index in [0.29, 0.717) is 0 Å². The van der Waals surface area contributed by atoms with E-state index in [0.717, 1.165) is 0 Å².